The van der Waals surface area contributed by atoms with Gasteiger partial charge < -0.3 is 4.74 Å². The first-order chi connectivity index (χ1) is 9.10. The molecule has 0 radical (unpaired) electrons. The molecule has 2 rings (SSSR count). The molecule has 0 saturated carbocycles. The molecule has 0 aromatic heterocycles. The van der Waals surface area contributed by atoms with Crippen molar-refractivity contribution in [1.82, 2.24) is 0 Å². The molecule has 1 nitrogen and oxygen atoms in total. The Morgan fingerprint density at radius 1 is 1.05 bits per heavy atom. The Morgan fingerprint density at radius 3 is 2.53 bits per heavy atom. The van der Waals surface area contributed by atoms with Gasteiger partial charge in [0.1, 0.15) is 12.4 Å². The van der Waals surface area contributed by atoms with E-state index in [0.29, 0.717) is 23.3 Å². The summed E-state index contributed by atoms with van der Waals surface area (Å²) in [5.41, 5.74) is 4.62. The van der Waals surface area contributed by atoms with Gasteiger partial charge in [0.25, 0.3) is 0 Å². The largest absolute Gasteiger partial charge is 0.487 e. The lowest BCUT2D eigenvalue weighted by molar-refractivity contribution is 0.305. The average molecular weight is 295 g/mol. The molecule has 0 aliphatic carbocycles. The van der Waals surface area contributed by atoms with Crippen LogP contribution in [0.25, 0.3) is 0 Å². The summed E-state index contributed by atoms with van der Waals surface area (Å²) in [6.45, 7) is 4.68. The Balaban J connectivity index is 2.12. The van der Waals surface area contributed by atoms with E-state index in [1.54, 1.807) is 0 Å². The molecule has 0 saturated heterocycles. The Hall–Kier alpha value is -1.18. The van der Waals surface area contributed by atoms with E-state index in [4.69, 9.17) is 27.9 Å². The second kappa shape index (κ2) is 6.31. The van der Waals surface area contributed by atoms with Crippen LogP contribution in [0.1, 0.15) is 22.3 Å². The maximum Gasteiger partial charge on any atom is 0.138 e. The minimum Gasteiger partial charge on any atom is -0.487 e. The summed E-state index contributed by atoms with van der Waals surface area (Å²) in [6, 6.07) is 12.0. The molecule has 100 valence electrons. The van der Waals surface area contributed by atoms with Gasteiger partial charge in [-0.25, -0.2) is 0 Å². The van der Waals surface area contributed by atoms with Crippen molar-refractivity contribution in [2.75, 3.05) is 0 Å². The molecule has 19 heavy (non-hydrogen) atoms. The van der Waals surface area contributed by atoms with Gasteiger partial charge in [-0.3, -0.25) is 0 Å². The Bertz CT molecular complexity index is 579. The van der Waals surface area contributed by atoms with E-state index in [9.17, 15) is 0 Å². The van der Waals surface area contributed by atoms with Gasteiger partial charge in [0, 0.05) is 5.88 Å². The third kappa shape index (κ3) is 3.65. The van der Waals surface area contributed by atoms with Crippen molar-refractivity contribution in [3.05, 3.63) is 63.7 Å². The summed E-state index contributed by atoms with van der Waals surface area (Å²) in [7, 11) is 0. The van der Waals surface area contributed by atoms with Crippen LogP contribution < -0.4 is 4.74 Å². The van der Waals surface area contributed by atoms with Crippen LogP contribution in [0.4, 0.5) is 0 Å². The summed E-state index contributed by atoms with van der Waals surface area (Å²) in [4.78, 5) is 0. The number of hydrogen-bond donors (Lipinski definition) is 0. The molecule has 0 atom stereocenters. The standard InChI is InChI=1S/C16H16Cl2O/c1-11-3-4-12(2)14(7-11)10-19-16-6-5-13(9-17)8-15(16)18/h3-8H,9-10H2,1-2H3. The van der Waals surface area contributed by atoms with E-state index in [1.165, 1.54) is 16.7 Å². The SMILES string of the molecule is Cc1ccc(C)c(COc2ccc(CCl)cc2Cl)c1. The Labute approximate surface area is 124 Å². The highest BCUT2D eigenvalue weighted by molar-refractivity contribution is 6.32. The summed E-state index contributed by atoms with van der Waals surface area (Å²) >= 11 is 11.9. The minimum atomic E-state index is 0.455. The molecular weight excluding hydrogens is 279 g/mol. The predicted octanol–water partition coefficient (Wildman–Crippen LogP) is 5.27. The zero-order valence-electron chi connectivity index (χ0n) is 11.0. The van der Waals surface area contributed by atoms with Crippen molar-refractivity contribution < 1.29 is 4.74 Å². The smallest absolute Gasteiger partial charge is 0.138 e. The van der Waals surface area contributed by atoms with Crippen LogP contribution in [-0.2, 0) is 12.5 Å². The molecule has 2 aromatic rings. The molecular formula is C16H16Cl2O. The van der Waals surface area contributed by atoms with E-state index >= 15 is 0 Å². The van der Waals surface area contributed by atoms with Gasteiger partial charge in [-0.2, -0.15) is 0 Å². The number of benzene rings is 2. The second-order valence-electron chi connectivity index (χ2n) is 4.62. The molecule has 0 aliphatic heterocycles. The molecule has 0 heterocycles. The topological polar surface area (TPSA) is 9.23 Å². The highest BCUT2D eigenvalue weighted by atomic mass is 35.5. The zero-order valence-corrected chi connectivity index (χ0v) is 12.6. The lowest BCUT2D eigenvalue weighted by atomic mass is 10.1. The molecule has 0 spiro atoms. The van der Waals surface area contributed by atoms with Gasteiger partial charge >= 0.3 is 0 Å². The van der Waals surface area contributed by atoms with Gasteiger partial charge in [-0.05, 0) is 42.7 Å². The van der Waals surface area contributed by atoms with Gasteiger partial charge in [-0.1, -0.05) is 41.4 Å². The number of hydrogen-bond acceptors (Lipinski definition) is 1. The van der Waals surface area contributed by atoms with Crippen molar-refractivity contribution >= 4 is 23.2 Å². The summed E-state index contributed by atoms with van der Waals surface area (Å²) in [5.74, 6) is 1.15. The van der Waals surface area contributed by atoms with Crippen LogP contribution in [0.5, 0.6) is 5.75 Å². The lowest BCUT2D eigenvalue weighted by Gasteiger charge is -2.11. The number of aryl methyl sites for hydroxylation is 2. The maximum atomic E-state index is 6.16. The zero-order chi connectivity index (χ0) is 13.8. The highest BCUT2D eigenvalue weighted by Gasteiger charge is 2.05. The summed E-state index contributed by atoms with van der Waals surface area (Å²) < 4.78 is 5.78. The fourth-order valence-electron chi connectivity index (χ4n) is 1.86. The normalized spacial score (nSPS) is 10.5. The molecule has 0 fully saturated rings. The summed E-state index contributed by atoms with van der Waals surface area (Å²) in [6.07, 6.45) is 0. The molecule has 0 amide bonds. The van der Waals surface area contributed by atoms with Crippen LogP contribution in [0.2, 0.25) is 5.02 Å². The van der Waals surface area contributed by atoms with E-state index < -0.39 is 0 Å². The molecule has 3 heteroatoms. The molecule has 0 unspecified atom stereocenters. The van der Waals surface area contributed by atoms with Gasteiger partial charge in [0.05, 0.1) is 5.02 Å². The molecule has 0 bridgehead atoms. The third-order valence-corrected chi connectivity index (χ3v) is 3.64. The van der Waals surface area contributed by atoms with E-state index in [2.05, 4.69) is 32.0 Å². The molecule has 0 N–H and O–H groups in total. The van der Waals surface area contributed by atoms with E-state index in [1.807, 2.05) is 18.2 Å². The predicted molar refractivity (Wildman–Crippen MR) is 81.3 cm³/mol. The van der Waals surface area contributed by atoms with Gasteiger partial charge in [0.2, 0.25) is 0 Å². The van der Waals surface area contributed by atoms with Gasteiger partial charge in [0.15, 0.2) is 0 Å². The fourth-order valence-corrected chi connectivity index (χ4v) is 2.28. The number of alkyl halides is 1. The molecule has 0 aliphatic rings. The number of halogens is 2. The number of ether oxygens (including phenoxy) is 1. The lowest BCUT2D eigenvalue weighted by Crippen LogP contribution is -1.99. The van der Waals surface area contributed by atoms with Crippen LogP contribution in [-0.4, -0.2) is 0 Å². The quantitative estimate of drug-likeness (QED) is 0.698. The van der Waals surface area contributed by atoms with Crippen LogP contribution in [0, 0.1) is 13.8 Å². The van der Waals surface area contributed by atoms with Crippen molar-refractivity contribution in [2.24, 2.45) is 0 Å². The van der Waals surface area contributed by atoms with Crippen molar-refractivity contribution in [1.29, 1.82) is 0 Å². The number of rotatable bonds is 4. The van der Waals surface area contributed by atoms with E-state index in [0.717, 1.165) is 5.56 Å². The monoisotopic (exact) mass is 294 g/mol. The first-order valence-electron chi connectivity index (χ1n) is 6.13. The second-order valence-corrected chi connectivity index (χ2v) is 5.29. The summed E-state index contributed by atoms with van der Waals surface area (Å²) in [5, 5.41) is 0.600. The molecule has 2 aromatic carbocycles. The van der Waals surface area contributed by atoms with Crippen molar-refractivity contribution in [3.63, 3.8) is 0 Å². The van der Waals surface area contributed by atoms with Crippen LogP contribution in [0.15, 0.2) is 36.4 Å². The van der Waals surface area contributed by atoms with E-state index in [-0.39, 0.29) is 0 Å². The van der Waals surface area contributed by atoms with Gasteiger partial charge in [-0.15, -0.1) is 11.6 Å². The third-order valence-electron chi connectivity index (χ3n) is 3.04. The maximum absolute atomic E-state index is 6.16. The van der Waals surface area contributed by atoms with Crippen LogP contribution in [0.3, 0.4) is 0 Å². The minimum absolute atomic E-state index is 0.455. The Kier molecular flexibility index (Phi) is 4.73. The Morgan fingerprint density at radius 2 is 1.84 bits per heavy atom. The highest BCUT2D eigenvalue weighted by Crippen LogP contribution is 2.27. The first-order valence-corrected chi connectivity index (χ1v) is 7.04. The van der Waals surface area contributed by atoms with Crippen molar-refractivity contribution in [2.45, 2.75) is 26.3 Å². The van der Waals surface area contributed by atoms with Crippen molar-refractivity contribution in [3.8, 4) is 5.75 Å². The average Bonchev–Trinajstić information content (AvgIpc) is 2.40. The fraction of sp³-hybridized carbons (Fsp3) is 0.250. The van der Waals surface area contributed by atoms with Crippen LogP contribution >= 0.6 is 23.2 Å². The first kappa shape index (κ1) is 14.2.